The second-order valence-corrected chi connectivity index (χ2v) is 6.90. The van der Waals surface area contributed by atoms with Gasteiger partial charge in [0, 0.05) is 11.1 Å². The minimum absolute atomic E-state index is 0.178. The molecule has 1 aliphatic rings. The van der Waals surface area contributed by atoms with Crippen LogP contribution in [0.2, 0.25) is 0 Å². The third-order valence-electron chi connectivity index (χ3n) is 4.74. The third kappa shape index (κ3) is 2.50. The second kappa shape index (κ2) is 5.29. The lowest BCUT2D eigenvalue weighted by molar-refractivity contribution is -0.162. The highest BCUT2D eigenvalue weighted by Gasteiger charge is 2.61. The van der Waals surface area contributed by atoms with E-state index >= 15 is 0 Å². The molecule has 0 spiro atoms. The average molecular weight is 310 g/mol. The van der Waals surface area contributed by atoms with E-state index in [1.807, 2.05) is 76.2 Å². The van der Waals surface area contributed by atoms with Gasteiger partial charge in [-0.3, -0.25) is 4.79 Å². The molecule has 1 heterocycles. The van der Waals surface area contributed by atoms with Gasteiger partial charge < -0.3 is 9.47 Å². The Kier molecular flexibility index (Phi) is 3.66. The number of Topliss-reactive ketones (excluding diaryl/α,β-unsaturated/α-hetero) is 1. The van der Waals surface area contributed by atoms with Crippen LogP contribution in [0.25, 0.3) is 0 Å². The summed E-state index contributed by atoms with van der Waals surface area (Å²) in [6.07, 6.45) is 0. The molecule has 0 saturated carbocycles. The zero-order valence-electron chi connectivity index (χ0n) is 14.0. The maximum atomic E-state index is 13.3. The molecule has 3 nitrogen and oxygen atoms in total. The van der Waals surface area contributed by atoms with Crippen LogP contribution in [-0.2, 0) is 15.3 Å². The van der Waals surface area contributed by atoms with E-state index in [-0.39, 0.29) is 5.78 Å². The van der Waals surface area contributed by atoms with Crippen molar-refractivity contribution in [3.63, 3.8) is 0 Å². The van der Waals surface area contributed by atoms with Crippen LogP contribution in [-0.4, -0.2) is 17.0 Å². The molecule has 0 bridgehead atoms. The van der Waals surface area contributed by atoms with E-state index in [9.17, 15) is 4.79 Å². The van der Waals surface area contributed by atoms with E-state index in [0.717, 1.165) is 0 Å². The molecule has 0 atom stereocenters. The van der Waals surface area contributed by atoms with Crippen molar-refractivity contribution >= 4 is 5.78 Å². The first-order valence-electron chi connectivity index (χ1n) is 7.84. The van der Waals surface area contributed by atoms with Crippen LogP contribution in [0.5, 0.6) is 0 Å². The zero-order chi connectivity index (χ0) is 16.7. The quantitative estimate of drug-likeness (QED) is 0.792. The van der Waals surface area contributed by atoms with E-state index in [1.165, 1.54) is 0 Å². The highest BCUT2D eigenvalue weighted by atomic mass is 16.8. The standard InChI is InChI=1S/C20H22O3/c1-18(2)19(3,4)23-20(22-18,16-13-9-6-10-14-16)17(21)15-11-7-5-8-12-15/h5-14H,1-4H3. The lowest BCUT2D eigenvalue weighted by Gasteiger charge is -2.30. The van der Waals surface area contributed by atoms with Gasteiger partial charge in [0.25, 0.3) is 5.79 Å². The number of rotatable bonds is 3. The molecule has 1 fully saturated rings. The van der Waals surface area contributed by atoms with Gasteiger partial charge in [-0.25, -0.2) is 0 Å². The van der Waals surface area contributed by atoms with Crippen molar-refractivity contribution in [2.24, 2.45) is 0 Å². The normalized spacial score (nSPS) is 21.0. The fourth-order valence-electron chi connectivity index (χ4n) is 2.76. The number of carbonyl (C=O) groups excluding carboxylic acids is 1. The summed E-state index contributed by atoms with van der Waals surface area (Å²) in [5.41, 5.74) is 0.0814. The number of benzene rings is 2. The van der Waals surface area contributed by atoms with Crippen LogP contribution in [0.3, 0.4) is 0 Å². The largest absolute Gasteiger partial charge is 0.331 e. The lowest BCUT2D eigenvalue weighted by atomic mass is 9.90. The van der Waals surface area contributed by atoms with Crippen LogP contribution in [0, 0.1) is 0 Å². The monoisotopic (exact) mass is 310 g/mol. The SMILES string of the molecule is CC1(C)OC(C(=O)c2ccccc2)(c2ccccc2)OC1(C)C. The Morgan fingerprint density at radius 2 is 1.17 bits per heavy atom. The van der Waals surface area contributed by atoms with Gasteiger partial charge in [0.05, 0.1) is 11.2 Å². The van der Waals surface area contributed by atoms with E-state index in [1.54, 1.807) is 12.1 Å². The number of ether oxygens (including phenoxy) is 2. The molecular formula is C20H22O3. The Labute approximate surface area is 137 Å². The highest BCUT2D eigenvalue weighted by molar-refractivity contribution is 6.02. The minimum atomic E-state index is -1.42. The van der Waals surface area contributed by atoms with Crippen molar-refractivity contribution < 1.29 is 14.3 Å². The minimum Gasteiger partial charge on any atom is -0.331 e. The summed E-state index contributed by atoms with van der Waals surface area (Å²) in [6.45, 7) is 7.82. The second-order valence-electron chi connectivity index (χ2n) is 6.90. The summed E-state index contributed by atoms with van der Waals surface area (Å²) in [4.78, 5) is 13.3. The molecule has 23 heavy (non-hydrogen) atoms. The molecule has 3 heteroatoms. The van der Waals surface area contributed by atoms with Crippen LogP contribution in [0.1, 0.15) is 43.6 Å². The molecule has 0 amide bonds. The molecule has 0 N–H and O–H groups in total. The molecule has 2 aromatic rings. The number of ketones is 1. The van der Waals surface area contributed by atoms with Gasteiger partial charge in [-0.2, -0.15) is 0 Å². The topological polar surface area (TPSA) is 35.5 Å². The molecule has 1 saturated heterocycles. The Bertz CT molecular complexity index is 686. The molecule has 0 aliphatic carbocycles. The first-order chi connectivity index (χ1) is 10.8. The van der Waals surface area contributed by atoms with Crippen molar-refractivity contribution in [1.29, 1.82) is 0 Å². The number of carbonyl (C=O) groups is 1. The van der Waals surface area contributed by atoms with Crippen molar-refractivity contribution in [1.82, 2.24) is 0 Å². The highest BCUT2D eigenvalue weighted by Crippen LogP contribution is 2.50. The summed E-state index contributed by atoms with van der Waals surface area (Å²) in [5, 5.41) is 0. The first kappa shape index (κ1) is 15.9. The summed E-state index contributed by atoms with van der Waals surface area (Å²) in [7, 11) is 0. The number of hydrogen-bond donors (Lipinski definition) is 0. The smallest absolute Gasteiger partial charge is 0.262 e. The molecule has 0 aromatic heterocycles. The van der Waals surface area contributed by atoms with E-state index < -0.39 is 17.0 Å². The Hall–Kier alpha value is -1.97. The summed E-state index contributed by atoms with van der Waals surface area (Å²) >= 11 is 0. The van der Waals surface area contributed by atoms with Crippen molar-refractivity contribution in [3.05, 3.63) is 71.8 Å². The molecular weight excluding hydrogens is 288 g/mol. The van der Waals surface area contributed by atoms with Gasteiger partial charge in [-0.05, 0) is 27.7 Å². The van der Waals surface area contributed by atoms with Crippen molar-refractivity contribution in [2.75, 3.05) is 0 Å². The first-order valence-corrected chi connectivity index (χ1v) is 7.84. The van der Waals surface area contributed by atoms with Gasteiger partial charge in [0.2, 0.25) is 5.78 Å². The van der Waals surface area contributed by atoms with Crippen molar-refractivity contribution in [3.8, 4) is 0 Å². The van der Waals surface area contributed by atoms with Crippen LogP contribution >= 0.6 is 0 Å². The molecule has 0 radical (unpaired) electrons. The Balaban J connectivity index is 2.16. The van der Waals surface area contributed by atoms with Gasteiger partial charge in [0.1, 0.15) is 0 Å². The molecule has 1 aliphatic heterocycles. The summed E-state index contributed by atoms with van der Waals surface area (Å²) in [6, 6.07) is 18.6. The molecule has 3 rings (SSSR count). The van der Waals surface area contributed by atoms with E-state index in [0.29, 0.717) is 11.1 Å². The van der Waals surface area contributed by atoms with Gasteiger partial charge in [-0.15, -0.1) is 0 Å². The predicted octanol–water partition coefficient (Wildman–Crippen LogP) is 4.33. The maximum absolute atomic E-state index is 13.3. The Morgan fingerprint density at radius 1 is 0.739 bits per heavy atom. The fraction of sp³-hybridized carbons (Fsp3) is 0.350. The summed E-state index contributed by atoms with van der Waals surface area (Å²) in [5.74, 6) is -1.60. The van der Waals surface area contributed by atoms with E-state index in [4.69, 9.17) is 9.47 Å². The van der Waals surface area contributed by atoms with Crippen LogP contribution < -0.4 is 0 Å². The van der Waals surface area contributed by atoms with Crippen LogP contribution in [0.4, 0.5) is 0 Å². The zero-order valence-corrected chi connectivity index (χ0v) is 14.0. The average Bonchev–Trinajstić information content (AvgIpc) is 2.74. The molecule has 0 unspecified atom stereocenters. The third-order valence-corrected chi connectivity index (χ3v) is 4.74. The van der Waals surface area contributed by atoms with Gasteiger partial charge >= 0.3 is 0 Å². The van der Waals surface area contributed by atoms with Crippen LogP contribution in [0.15, 0.2) is 60.7 Å². The molecule has 120 valence electrons. The van der Waals surface area contributed by atoms with Gasteiger partial charge in [-0.1, -0.05) is 60.7 Å². The predicted molar refractivity (Wildman–Crippen MR) is 89.2 cm³/mol. The van der Waals surface area contributed by atoms with E-state index in [2.05, 4.69) is 0 Å². The summed E-state index contributed by atoms with van der Waals surface area (Å²) < 4.78 is 12.6. The maximum Gasteiger partial charge on any atom is 0.262 e. The fourth-order valence-corrected chi connectivity index (χ4v) is 2.76. The molecule has 2 aromatic carbocycles. The number of hydrogen-bond acceptors (Lipinski definition) is 3. The van der Waals surface area contributed by atoms with Crippen molar-refractivity contribution in [2.45, 2.75) is 44.7 Å². The van der Waals surface area contributed by atoms with Gasteiger partial charge in [0.15, 0.2) is 0 Å². The lowest BCUT2D eigenvalue weighted by Crippen LogP contribution is -2.41. The Morgan fingerprint density at radius 3 is 1.65 bits per heavy atom.